The maximum atomic E-state index is 12.1. The smallest absolute Gasteiger partial charge is 0.306 e. The molecule has 0 saturated heterocycles. The van der Waals surface area contributed by atoms with Gasteiger partial charge in [-0.2, -0.15) is 0 Å². The molecule has 3 atom stereocenters. The van der Waals surface area contributed by atoms with Crippen LogP contribution in [-0.2, 0) is 20.7 Å². The van der Waals surface area contributed by atoms with Crippen molar-refractivity contribution in [3.05, 3.63) is 78.1 Å². The van der Waals surface area contributed by atoms with E-state index in [9.17, 15) is 14.7 Å². The Morgan fingerprint density at radius 1 is 1.28 bits per heavy atom. The highest BCUT2D eigenvalue weighted by atomic mass is 16.5. The Labute approximate surface area is 173 Å². The van der Waals surface area contributed by atoms with Gasteiger partial charge < -0.3 is 9.84 Å². The van der Waals surface area contributed by atoms with Crippen LogP contribution < -0.4 is 0 Å². The van der Waals surface area contributed by atoms with Gasteiger partial charge in [-0.15, -0.1) is 5.73 Å². The lowest BCUT2D eigenvalue weighted by molar-refractivity contribution is -0.143. The number of ketones is 1. The number of esters is 1. The molecule has 29 heavy (non-hydrogen) atoms. The Balaban J connectivity index is 1.78. The van der Waals surface area contributed by atoms with Crippen LogP contribution in [0.15, 0.2) is 72.5 Å². The topological polar surface area (TPSA) is 63.6 Å². The summed E-state index contributed by atoms with van der Waals surface area (Å²) in [5.74, 6) is -0.273. The summed E-state index contributed by atoms with van der Waals surface area (Å²) in [6.07, 6.45) is 13.3. The standard InChI is InChI=1S/C25H30O4/c1-2-29-25(28)13-9-4-3-8-12-23-21(16-19-24(23)27)15-18-22(26)17-14-20-10-6-5-7-11-20/h4-8,10-11,15-16,18-19,21-23,26H,2,9,12-14,17H2,1H3/b18-15+/t3?,21?,22-,23?/m0/s1. The van der Waals surface area contributed by atoms with Crippen molar-refractivity contribution in [2.24, 2.45) is 11.8 Å². The largest absolute Gasteiger partial charge is 0.466 e. The average Bonchev–Trinajstić information content (AvgIpc) is 3.08. The van der Waals surface area contributed by atoms with Crippen LogP contribution in [-0.4, -0.2) is 29.6 Å². The first kappa shape index (κ1) is 22.6. The van der Waals surface area contributed by atoms with E-state index in [-0.39, 0.29) is 23.6 Å². The molecule has 1 aliphatic carbocycles. The number of rotatable bonds is 11. The number of allylic oxidation sites excluding steroid dienone is 4. The second-order valence-corrected chi connectivity index (χ2v) is 7.08. The van der Waals surface area contributed by atoms with Gasteiger partial charge in [-0.3, -0.25) is 9.59 Å². The molecule has 0 bridgehead atoms. The van der Waals surface area contributed by atoms with Crippen molar-refractivity contribution in [3.63, 3.8) is 0 Å². The van der Waals surface area contributed by atoms with E-state index in [4.69, 9.17) is 4.74 Å². The van der Waals surface area contributed by atoms with Crippen molar-refractivity contribution >= 4 is 11.8 Å². The summed E-state index contributed by atoms with van der Waals surface area (Å²) in [5.41, 5.74) is 4.25. The Bertz CT molecular complexity index is 769. The third-order valence-corrected chi connectivity index (χ3v) is 4.85. The van der Waals surface area contributed by atoms with Gasteiger partial charge in [0.1, 0.15) is 0 Å². The number of ether oxygens (including phenoxy) is 1. The zero-order valence-electron chi connectivity index (χ0n) is 17.0. The molecule has 0 aromatic heterocycles. The van der Waals surface area contributed by atoms with E-state index in [1.54, 1.807) is 25.2 Å². The first-order valence-corrected chi connectivity index (χ1v) is 10.3. The maximum Gasteiger partial charge on any atom is 0.306 e. The SMILES string of the molecule is CCOC(=O)CCC=C=CCC1C(=O)C=CC1/C=C/[C@@H](O)CCc1ccccc1. The molecule has 0 amide bonds. The van der Waals surface area contributed by atoms with Crippen molar-refractivity contribution in [2.75, 3.05) is 6.61 Å². The predicted molar refractivity (Wildman–Crippen MR) is 114 cm³/mol. The zero-order chi connectivity index (χ0) is 20.9. The minimum absolute atomic E-state index is 0.00791. The number of hydrogen-bond donors (Lipinski definition) is 1. The van der Waals surface area contributed by atoms with Crippen molar-refractivity contribution < 1.29 is 19.4 Å². The number of benzene rings is 1. The van der Waals surface area contributed by atoms with Gasteiger partial charge in [-0.25, -0.2) is 0 Å². The highest BCUT2D eigenvalue weighted by molar-refractivity contribution is 5.95. The lowest BCUT2D eigenvalue weighted by Gasteiger charge is -2.13. The van der Waals surface area contributed by atoms with Crippen molar-refractivity contribution in [3.8, 4) is 0 Å². The molecule has 2 unspecified atom stereocenters. The molecule has 1 aromatic carbocycles. The van der Waals surface area contributed by atoms with Gasteiger partial charge in [0.25, 0.3) is 0 Å². The van der Waals surface area contributed by atoms with Crippen LogP contribution in [0.2, 0.25) is 0 Å². The van der Waals surface area contributed by atoms with E-state index in [1.807, 2.05) is 36.4 Å². The van der Waals surface area contributed by atoms with Crippen LogP contribution in [0.4, 0.5) is 0 Å². The van der Waals surface area contributed by atoms with Gasteiger partial charge in [0.2, 0.25) is 0 Å². The second kappa shape index (κ2) is 12.7. The fraction of sp³-hybridized carbons (Fsp3) is 0.400. The lowest BCUT2D eigenvalue weighted by Crippen LogP contribution is -2.14. The van der Waals surface area contributed by atoms with Crippen LogP contribution in [0, 0.1) is 11.8 Å². The summed E-state index contributed by atoms with van der Waals surface area (Å²) in [6.45, 7) is 2.18. The van der Waals surface area contributed by atoms with E-state index < -0.39 is 6.10 Å². The number of aryl methyl sites for hydroxylation is 1. The molecule has 4 heteroatoms. The van der Waals surface area contributed by atoms with Crippen LogP contribution in [0.25, 0.3) is 0 Å². The molecule has 2 rings (SSSR count). The van der Waals surface area contributed by atoms with Gasteiger partial charge in [-0.05, 0) is 56.4 Å². The summed E-state index contributed by atoms with van der Waals surface area (Å²) in [7, 11) is 0. The van der Waals surface area contributed by atoms with Crippen molar-refractivity contribution in [2.45, 2.75) is 45.1 Å². The molecule has 0 spiro atoms. The number of carbonyl (C=O) groups excluding carboxylic acids is 2. The minimum Gasteiger partial charge on any atom is -0.466 e. The fourth-order valence-corrected chi connectivity index (χ4v) is 3.22. The van der Waals surface area contributed by atoms with Crippen LogP contribution in [0.3, 0.4) is 0 Å². The molecule has 0 radical (unpaired) electrons. The first-order valence-electron chi connectivity index (χ1n) is 10.3. The molecule has 154 valence electrons. The van der Waals surface area contributed by atoms with Gasteiger partial charge in [-0.1, -0.05) is 48.6 Å². The van der Waals surface area contributed by atoms with E-state index >= 15 is 0 Å². The van der Waals surface area contributed by atoms with Crippen LogP contribution in [0.5, 0.6) is 0 Å². The van der Waals surface area contributed by atoms with Crippen molar-refractivity contribution in [1.82, 2.24) is 0 Å². The monoisotopic (exact) mass is 394 g/mol. The molecule has 1 aliphatic rings. The molecule has 0 fully saturated rings. The molecule has 0 saturated carbocycles. The normalized spacial score (nSPS) is 19.2. The highest BCUT2D eigenvalue weighted by Gasteiger charge is 2.27. The minimum atomic E-state index is -0.529. The van der Waals surface area contributed by atoms with Gasteiger partial charge in [0.15, 0.2) is 5.78 Å². The average molecular weight is 395 g/mol. The molecule has 0 heterocycles. The number of aliphatic hydroxyl groups excluding tert-OH is 1. The fourth-order valence-electron chi connectivity index (χ4n) is 3.22. The highest BCUT2D eigenvalue weighted by Crippen LogP contribution is 2.27. The second-order valence-electron chi connectivity index (χ2n) is 7.08. The molecular formula is C25H30O4. The van der Waals surface area contributed by atoms with E-state index in [1.165, 1.54) is 5.56 Å². The molecule has 1 N–H and O–H groups in total. The van der Waals surface area contributed by atoms with Crippen LogP contribution in [0.1, 0.15) is 38.2 Å². The molecular weight excluding hydrogens is 364 g/mol. The molecule has 0 aliphatic heterocycles. The zero-order valence-corrected chi connectivity index (χ0v) is 17.0. The number of hydrogen-bond acceptors (Lipinski definition) is 4. The predicted octanol–water partition coefficient (Wildman–Crippen LogP) is 4.35. The summed E-state index contributed by atoms with van der Waals surface area (Å²) < 4.78 is 4.87. The molecule has 4 nitrogen and oxygen atoms in total. The maximum absolute atomic E-state index is 12.1. The summed E-state index contributed by atoms with van der Waals surface area (Å²) in [4.78, 5) is 23.4. The van der Waals surface area contributed by atoms with Crippen molar-refractivity contribution in [1.29, 1.82) is 0 Å². The van der Waals surface area contributed by atoms with Gasteiger partial charge in [0.05, 0.1) is 12.7 Å². The summed E-state index contributed by atoms with van der Waals surface area (Å²) in [5, 5.41) is 10.2. The first-order chi connectivity index (χ1) is 14.1. The summed E-state index contributed by atoms with van der Waals surface area (Å²) >= 11 is 0. The Morgan fingerprint density at radius 2 is 2.07 bits per heavy atom. The quantitative estimate of drug-likeness (QED) is 0.344. The van der Waals surface area contributed by atoms with Gasteiger partial charge >= 0.3 is 5.97 Å². The molecule has 1 aromatic rings. The van der Waals surface area contributed by atoms with E-state index in [2.05, 4.69) is 17.9 Å². The van der Waals surface area contributed by atoms with E-state index in [0.29, 0.717) is 32.3 Å². The third kappa shape index (κ3) is 8.47. The Morgan fingerprint density at radius 3 is 2.83 bits per heavy atom. The third-order valence-electron chi connectivity index (χ3n) is 4.85. The summed E-state index contributed by atoms with van der Waals surface area (Å²) in [6, 6.07) is 10.1. The van der Waals surface area contributed by atoms with Crippen LogP contribution >= 0.6 is 0 Å². The number of carbonyl (C=O) groups is 2. The van der Waals surface area contributed by atoms with Gasteiger partial charge in [0, 0.05) is 18.3 Å². The number of aliphatic hydroxyl groups is 1. The Hall–Kier alpha value is -2.68. The Kier molecular flexibility index (Phi) is 9.91. The van der Waals surface area contributed by atoms with E-state index in [0.717, 1.165) is 6.42 Å². The lowest BCUT2D eigenvalue weighted by atomic mass is 9.90.